The zero-order chi connectivity index (χ0) is 7.40. The molecule has 0 saturated heterocycles. The van der Waals surface area contributed by atoms with Crippen molar-refractivity contribution in [3.05, 3.63) is 42.1 Å². The van der Waals surface area contributed by atoms with Gasteiger partial charge in [0.15, 0.2) is 6.23 Å². The highest BCUT2D eigenvalue weighted by Crippen LogP contribution is 2.02. The van der Waals surface area contributed by atoms with E-state index in [1.807, 2.05) is 30.3 Å². The fourth-order valence-electron chi connectivity index (χ4n) is 0.805. The Bertz CT molecular complexity index is 184. The van der Waals surface area contributed by atoms with Crippen LogP contribution in [0.15, 0.2) is 30.3 Å². The van der Waals surface area contributed by atoms with Crippen molar-refractivity contribution < 1.29 is 5.11 Å². The molecule has 1 aromatic carbocycles. The van der Waals surface area contributed by atoms with Crippen LogP contribution in [0.2, 0.25) is 0 Å². The molecule has 0 atom stereocenters. The van der Waals surface area contributed by atoms with Gasteiger partial charge in [-0.2, -0.15) is 0 Å². The standard InChI is InChI=1S/C8H10NO/c9-8(10)6-7-4-2-1-3-5-7/h1-5,10H,6,9H2. The molecule has 53 valence electrons. The van der Waals surface area contributed by atoms with E-state index in [4.69, 9.17) is 10.8 Å². The number of rotatable bonds is 2. The summed E-state index contributed by atoms with van der Waals surface area (Å²) in [5.41, 5.74) is 6.13. The quantitative estimate of drug-likeness (QED) is 0.638. The van der Waals surface area contributed by atoms with Crippen molar-refractivity contribution in [2.24, 2.45) is 5.73 Å². The van der Waals surface area contributed by atoms with Gasteiger partial charge in [0, 0.05) is 6.42 Å². The summed E-state index contributed by atoms with van der Waals surface area (Å²) in [4.78, 5) is 0. The first-order chi connectivity index (χ1) is 4.79. The van der Waals surface area contributed by atoms with E-state index >= 15 is 0 Å². The van der Waals surface area contributed by atoms with E-state index in [-0.39, 0.29) is 6.23 Å². The largest absolute Gasteiger partial charge is 0.371 e. The third-order valence-electron chi connectivity index (χ3n) is 1.23. The fourth-order valence-corrected chi connectivity index (χ4v) is 0.805. The van der Waals surface area contributed by atoms with Gasteiger partial charge in [-0.25, -0.2) is 0 Å². The zero-order valence-corrected chi connectivity index (χ0v) is 5.62. The van der Waals surface area contributed by atoms with Gasteiger partial charge in [0.2, 0.25) is 0 Å². The molecule has 2 heteroatoms. The summed E-state index contributed by atoms with van der Waals surface area (Å²) in [5.74, 6) is 0. The van der Waals surface area contributed by atoms with Gasteiger partial charge in [0.25, 0.3) is 0 Å². The van der Waals surface area contributed by atoms with E-state index in [0.29, 0.717) is 6.42 Å². The van der Waals surface area contributed by atoms with Gasteiger partial charge in [-0.3, -0.25) is 5.73 Å². The van der Waals surface area contributed by atoms with E-state index in [0.717, 1.165) is 5.56 Å². The Kier molecular flexibility index (Phi) is 2.42. The lowest BCUT2D eigenvalue weighted by Crippen LogP contribution is -2.10. The summed E-state index contributed by atoms with van der Waals surface area (Å²) in [6.07, 6.45) is 0.409. The second-order valence-electron chi connectivity index (χ2n) is 2.15. The van der Waals surface area contributed by atoms with Crippen LogP contribution >= 0.6 is 0 Å². The predicted molar refractivity (Wildman–Crippen MR) is 39.5 cm³/mol. The lowest BCUT2D eigenvalue weighted by Gasteiger charge is -2.00. The molecule has 0 unspecified atom stereocenters. The van der Waals surface area contributed by atoms with E-state index in [1.54, 1.807) is 0 Å². The lowest BCUT2D eigenvalue weighted by atomic mass is 10.1. The summed E-state index contributed by atoms with van der Waals surface area (Å²) in [6.45, 7) is 0. The maximum absolute atomic E-state index is 8.70. The lowest BCUT2D eigenvalue weighted by molar-refractivity contribution is 0.296. The summed E-state index contributed by atoms with van der Waals surface area (Å²) < 4.78 is 0. The Hall–Kier alpha value is -0.860. The smallest absolute Gasteiger partial charge is 0.160 e. The minimum Gasteiger partial charge on any atom is -0.371 e. The molecule has 3 N–H and O–H groups in total. The summed E-state index contributed by atoms with van der Waals surface area (Å²) in [5, 5.41) is 8.70. The van der Waals surface area contributed by atoms with Gasteiger partial charge in [-0.05, 0) is 5.56 Å². The van der Waals surface area contributed by atoms with E-state index in [2.05, 4.69) is 0 Å². The summed E-state index contributed by atoms with van der Waals surface area (Å²) in [6, 6.07) is 9.60. The van der Waals surface area contributed by atoms with E-state index in [9.17, 15) is 0 Å². The van der Waals surface area contributed by atoms with Crippen LogP contribution in [0.25, 0.3) is 0 Å². The number of nitrogens with two attached hydrogens (primary N) is 1. The van der Waals surface area contributed by atoms with Gasteiger partial charge in [-0.15, -0.1) is 0 Å². The van der Waals surface area contributed by atoms with Crippen LogP contribution in [-0.4, -0.2) is 5.11 Å². The Morgan fingerprint density at radius 2 is 1.90 bits per heavy atom. The van der Waals surface area contributed by atoms with Crippen molar-refractivity contribution in [2.75, 3.05) is 0 Å². The number of aliphatic hydroxyl groups excluding tert-OH is 1. The molecule has 0 aromatic heterocycles. The second-order valence-corrected chi connectivity index (χ2v) is 2.15. The molecule has 0 amide bonds. The van der Waals surface area contributed by atoms with Crippen LogP contribution in [0.4, 0.5) is 0 Å². The Balaban J connectivity index is 2.59. The first-order valence-corrected chi connectivity index (χ1v) is 3.13. The Morgan fingerprint density at radius 1 is 1.30 bits per heavy atom. The summed E-state index contributed by atoms with van der Waals surface area (Å²) in [7, 11) is 0. The van der Waals surface area contributed by atoms with Crippen LogP contribution in [0, 0.1) is 6.23 Å². The van der Waals surface area contributed by atoms with Crippen molar-refractivity contribution in [1.29, 1.82) is 0 Å². The molecule has 2 nitrogen and oxygen atoms in total. The van der Waals surface area contributed by atoms with Gasteiger partial charge in [0.1, 0.15) is 0 Å². The molecule has 1 rings (SSSR count). The van der Waals surface area contributed by atoms with Crippen molar-refractivity contribution >= 4 is 0 Å². The highest BCUT2D eigenvalue weighted by molar-refractivity contribution is 5.16. The first kappa shape index (κ1) is 7.25. The zero-order valence-electron chi connectivity index (χ0n) is 5.62. The molecule has 0 saturated carbocycles. The van der Waals surface area contributed by atoms with Crippen molar-refractivity contribution in [3.8, 4) is 0 Å². The van der Waals surface area contributed by atoms with Crippen LogP contribution in [0.5, 0.6) is 0 Å². The molecule has 1 aromatic rings. The van der Waals surface area contributed by atoms with Gasteiger partial charge in [-0.1, -0.05) is 30.3 Å². The first-order valence-electron chi connectivity index (χ1n) is 3.13. The minimum atomic E-state index is -0.0359. The fraction of sp³-hybridized carbons (Fsp3) is 0.125. The third-order valence-corrected chi connectivity index (χ3v) is 1.23. The molecular formula is C8H10NO. The van der Waals surface area contributed by atoms with Crippen LogP contribution in [0.3, 0.4) is 0 Å². The van der Waals surface area contributed by atoms with Crippen LogP contribution < -0.4 is 5.73 Å². The molecule has 0 aliphatic rings. The highest BCUT2D eigenvalue weighted by atomic mass is 16.3. The van der Waals surface area contributed by atoms with Crippen molar-refractivity contribution in [1.82, 2.24) is 0 Å². The topological polar surface area (TPSA) is 46.2 Å². The third kappa shape index (κ3) is 2.17. The molecule has 0 heterocycles. The molecule has 0 aliphatic heterocycles. The molecule has 0 fully saturated rings. The molecular weight excluding hydrogens is 126 g/mol. The predicted octanol–water partition coefficient (Wildman–Crippen LogP) is 1.05. The minimum absolute atomic E-state index is 0.0359. The molecule has 1 radical (unpaired) electrons. The normalized spacial score (nSPS) is 10.3. The Labute approximate surface area is 60.3 Å². The number of hydrogen-bond acceptors (Lipinski definition) is 2. The highest BCUT2D eigenvalue weighted by Gasteiger charge is 1.97. The molecule has 0 spiro atoms. The van der Waals surface area contributed by atoms with E-state index in [1.165, 1.54) is 0 Å². The molecule has 10 heavy (non-hydrogen) atoms. The van der Waals surface area contributed by atoms with Gasteiger partial charge < -0.3 is 5.11 Å². The van der Waals surface area contributed by atoms with Gasteiger partial charge >= 0.3 is 0 Å². The average molecular weight is 136 g/mol. The van der Waals surface area contributed by atoms with Crippen LogP contribution in [0.1, 0.15) is 5.56 Å². The molecule has 0 bridgehead atoms. The number of hydrogen-bond donors (Lipinski definition) is 2. The maximum Gasteiger partial charge on any atom is 0.160 e. The molecule has 0 aliphatic carbocycles. The van der Waals surface area contributed by atoms with E-state index < -0.39 is 0 Å². The van der Waals surface area contributed by atoms with Crippen LogP contribution in [-0.2, 0) is 6.42 Å². The maximum atomic E-state index is 8.70. The van der Waals surface area contributed by atoms with Crippen molar-refractivity contribution in [3.63, 3.8) is 0 Å². The number of benzene rings is 1. The van der Waals surface area contributed by atoms with Gasteiger partial charge in [0.05, 0.1) is 0 Å². The number of aliphatic hydroxyl groups is 1. The summed E-state index contributed by atoms with van der Waals surface area (Å²) >= 11 is 0. The SMILES string of the molecule is N[C](O)Cc1ccccc1. The Morgan fingerprint density at radius 3 is 2.40 bits per heavy atom. The monoisotopic (exact) mass is 136 g/mol. The average Bonchev–Trinajstić information content (AvgIpc) is 1.88. The second kappa shape index (κ2) is 3.34. The van der Waals surface area contributed by atoms with Crippen molar-refractivity contribution in [2.45, 2.75) is 6.42 Å².